The van der Waals surface area contributed by atoms with Crippen molar-refractivity contribution in [1.82, 2.24) is 20.4 Å². The number of guanidine groups is 1. The van der Waals surface area contributed by atoms with E-state index < -0.39 is 0 Å². The molecule has 0 aromatic heterocycles. The van der Waals surface area contributed by atoms with Gasteiger partial charge >= 0.3 is 6.03 Å². The molecule has 0 aromatic rings. The van der Waals surface area contributed by atoms with Crippen LogP contribution in [0.5, 0.6) is 0 Å². The summed E-state index contributed by atoms with van der Waals surface area (Å²) in [5.41, 5.74) is 5.34. The fourth-order valence-corrected chi connectivity index (χ4v) is 3.64. The van der Waals surface area contributed by atoms with Crippen molar-refractivity contribution in [3.05, 3.63) is 0 Å². The third-order valence-corrected chi connectivity index (χ3v) is 5.11. The normalized spacial score (nSPS) is 23.0. The van der Waals surface area contributed by atoms with Crippen LogP contribution in [0.15, 0.2) is 4.99 Å². The summed E-state index contributed by atoms with van der Waals surface area (Å²) in [5.74, 6) is 0.900. The average Bonchev–Trinajstić information content (AvgIpc) is 2.60. The first-order valence-electron chi connectivity index (χ1n) is 9.47. The Morgan fingerprint density at radius 1 is 1.16 bits per heavy atom. The van der Waals surface area contributed by atoms with Gasteiger partial charge in [0.15, 0.2) is 5.96 Å². The van der Waals surface area contributed by atoms with Crippen molar-refractivity contribution in [2.45, 2.75) is 58.0 Å². The minimum absolute atomic E-state index is 0. The highest BCUT2D eigenvalue weighted by molar-refractivity contribution is 14.0. The van der Waals surface area contributed by atoms with Crippen LogP contribution in [0.1, 0.15) is 46.0 Å². The Bertz CT molecular complexity index is 425. The van der Waals surface area contributed by atoms with Crippen LogP contribution in [0.2, 0.25) is 0 Å². The molecule has 0 saturated carbocycles. The predicted molar refractivity (Wildman–Crippen MR) is 114 cm³/mol. The van der Waals surface area contributed by atoms with E-state index in [0.717, 1.165) is 51.5 Å². The van der Waals surface area contributed by atoms with E-state index >= 15 is 0 Å². The van der Waals surface area contributed by atoms with Gasteiger partial charge in [-0.2, -0.15) is 0 Å². The lowest BCUT2D eigenvalue weighted by Crippen LogP contribution is -2.51. The Kier molecular flexibility index (Phi) is 10.5. The predicted octanol–water partition coefficient (Wildman–Crippen LogP) is 1.58. The summed E-state index contributed by atoms with van der Waals surface area (Å²) in [4.78, 5) is 20.3. The molecule has 2 amide bonds. The van der Waals surface area contributed by atoms with E-state index in [1.165, 1.54) is 25.8 Å². The largest absolute Gasteiger partial charge is 0.357 e. The van der Waals surface area contributed by atoms with Crippen molar-refractivity contribution in [3.63, 3.8) is 0 Å². The molecule has 2 rings (SSSR count). The smallest absolute Gasteiger partial charge is 0.314 e. The molecule has 4 N–H and O–H groups in total. The molecule has 2 fully saturated rings. The second-order valence-corrected chi connectivity index (χ2v) is 6.74. The van der Waals surface area contributed by atoms with E-state index in [-0.39, 0.29) is 30.0 Å². The SMILES string of the molecule is CCNC(=NCC1CCCCN1CC)NC1CCN(C(N)=O)CC1.I. The number of likely N-dealkylation sites (N-methyl/N-ethyl adjacent to an activating group) is 1. The van der Waals surface area contributed by atoms with Crippen LogP contribution in [-0.2, 0) is 0 Å². The maximum absolute atomic E-state index is 11.2. The first-order valence-corrected chi connectivity index (χ1v) is 9.47. The van der Waals surface area contributed by atoms with Gasteiger partial charge in [0.2, 0.25) is 0 Å². The molecule has 2 aliphatic rings. The number of likely N-dealkylation sites (tertiary alicyclic amines) is 2. The standard InChI is InChI=1S/C17H34N6O.HI/c1-3-19-17(20-13-15-7-5-6-10-22(15)4-2)21-14-8-11-23(12-9-14)16(18)24;/h14-15H,3-13H2,1-2H3,(H2,18,24)(H2,19,20,21);1H. The average molecular weight is 466 g/mol. The third kappa shape index (κ3) is 7.16. The molecule has 0 aliphatic carbocycles. The maximum Gasteiger partial charge on any atom is 0.314 e. The van der Waals surface area contributed by atoms with Crippen LogP contribution in [0, 0.1) is 0 Å². The highest BCUT2D eigenvalue weighted by Crippen LogP contribution is 2.16. The van der Waals surface area contributed by atoms with Crippen LogP contribution in [0.4, 0.5) is 4.79 Å². The van der Waals surface area contributed by atoms with Crippen molar-refractivity contribution >= 4 is 36.0 Å². The molecule has 0 bridgehead atoms. The highest BCUT2D eigenvalue weighted by Gasteiger charge is 2.23. The number of piperidine rings is 2. The number of aliphatic imine (C=N–C) groups is 1. The Balaban J connectivity index is 0.00000312. The number of primary amides is 1. The van der Waals surface area contributed by atoms with E-state index in [2.05, 4.69) is 29.4 Å². The summed E-state index contributed by atoms with van der Waals surface area (Å²) in [5, 5.41) is 6.88. The maximum atomic E-state index is 11.2. The molecule has 2 heterocycles. The molecule has 2 aliphatic heterocycles. The molecule has 0 spiro atoms. The lowest BCUT2D eigenvalue weighted by Gasteiger charge is -2.34. The van der Waals surface area contributed by atoms with Crippen molar-refractivity contribution in [3.8, 4) is 0 Å². The Labute approximate surface area is 169 Å². The summed E-state index contributed by atoms with van der Waals surface area (Å²) in [7, 11) is 0. The van der Waals surface area contributed by atoms with E-state index in [9.17, 15) is 4.79 Å². The van der Waals surface area contributed by atoms with Crippen molar-refractivity contribution < 1.29 is 4.79 Å². The highest BCUT2D eigenvalue weighted by atomic mass is 127. The minimum Gasteiger partial charge on any atom is -0.357 e. The molecule has 1 atom stereocenters. The summed E-state index contributed by atoms with van der Waals surface area (Å²) >= 11 is 0. The summed E-state index contributed by atoms with van der Waals surface area (Å²) in [6, 6.07) is 0.605. The minimum atomic E-state index is -0.314. The van der Waals surface area contributed by atoms with Gasteiger partial charge in [0.25, 0.3) is 0 Å². The molecule has 7 nitrogen and oxygen atoms in total. The number of rotatable bonds is 5. The third-order valence-electron chi connectivity index (χ3n) is 5.11. The van der Waals surface area contributed by atoms with Crippen molar-refractivity contribution in [2.75, 3.05) is 39.3 Å². The summed E-state index contributed by atoms with van der Waals surface area (Å²) < 4.78 is 0. The molecule has 2 saturated heterocycles. The van der Waals surface area contributed by atoms with Crippen LogP contribution in [-0.4, -0.2) is 73.1 Å². The number of nitrogens with one attached hydrogen (secondary N) is 2. The van der Waals surface area contributed by atoms with E-state index in [0.29, 0.717) is 12.1 Å². The Morgan fingerprint density at radius 2 is 1.88 bits per heavy atom. The zero-order valence-corrected chi connectivity index (χ0v) is 18.0. The molecule has 8 heteroatoms. The molecule has 25 heavy (non-hydrogen) atoms. The molecule has 1 unspecified atom stereocenters. The molecular weight excluding hydrogens is 431 g/mol. The van der Waals surface area contributed by atoms with Gasteiger partial charge < -0.3 is 21.3 Å². The number of carbonyl (C=O) groups excluding carboxylic acids is 1. The quantitative estimate of drug-likeness (QED) is 0.326. The van der Waals surface area contributed by atoms with Gasteiger partial charge in [0.1, 0.15) is 0 Å². The molecule has 146 valence electrons. The van der Waals surface area contributed by atoms with Gasteiger partial charge in [-0.05, 0) is 45.7 Å². The van der Waals surface area contributed by atoms with Crippen LogP contribution in [0.3, 0.4) is 0 Å². The van der Waals surface area contributed by atoms with Gasteiger partial charge in [-0.15, -0.1) is 24.0 Å². The number of nitrogens with zero attached hydrogens (tertiary/aromatic N) is 3. The lowest BCUT2D eigenvalue weighted by atomic mass is 10.0. The molecule has 0 aromatic carbocycles. The lowest BCUT2D eigenvalue weighted by molar-refractivity contribution is 0.161. The fraction of sp³-hybridized carbons (Fsp3) is 0.882. The van der Waals surface area contributed by atoms with E-state index in [1.54, 1.807) is 4.90 Å². The monoisotopic (exact) mass is 466 g/mol. The second kappa shape index (κ2) is 11.8. The number of amides is 2. The Hall–Kier alpha value is -0.770. The van der Waals surface area contributed by atoms with Gasteiger partial charge in [-0.25, -0.2) is 4.79 Å². The van der Waals surface area contributed by atoms with Gasteiger partial charge in [0.05, 0.1) is 6.54 Å². The number of urea groups is 1. The number of hydrogen-bond acceptors (Lipinski definition) is 3. The number of halogens is 1. The zero-order valence-electron chi connectivity index (χ0n) is 15.7. The number of nitrogens with two attached hydrogens (primary N) is 1. The fourth-order valence-electron chi connectivity index (χ4n) is 3.64. The number of carbonyl (C=O) groups is 1. The topological polar surface area (TPSA) is 86.0 Å². The second-order valence-electron chi connectivity index (χ2n) is 6.74. The van der Waals surface area contributed by atoms with E-state index in [1.807, 2.05) is 0 Å². The first-order chi connectivity index (χ1) is 11.6. The van der Waals surface area contributed by atoms with Gasteiger partial charge in [-0.1, -0.05) is 13.3 Å². The van der Waals surface area contributed by atoms with Crippen LogP contribution in [0.25, 0.3) is 0 Å². The van der Waals surface area contributed by atoms with Crippen molar-refractivity contribution in [2.24, 2.45) is 10.7 Å². The van der Waals surface area contributed by atoms with Gasteiger partial charge in [-0.3, -0.25) is 9.89 Å². The molecular formula is C17H35IN6O. The summed E-state index contributed by atoms with van der Waals surface area (Å²) in [6.07, 6.45) is 5.69. The van der Waals surface area contributed by atoms with Crippen LogP contribution >= 0.6 is 24.0 Å². The molecule has 0 radical (unpaired) electrons. The number of hydrogen-bond donors (Lipinski definition) is 3. The Morgan fingerprint density at radius 3 is 2.48 bits per heavy atom. The van der Waals surface area contributed by atoms with Crippen LogP contribution < -0.4 is 16.4 Å². The van der Waals surface area contributed by atoms with Crippen molar-refractivity contribution in [1.29, 1.82) is 0 Å². The van der Waals surface area contributed by atoms with E-state index in [4.69, 9.17) is 10.7 Å². The zero-order chi connectivity index (χ0) is 17.4. The summed E-state index contributed by atoms with van der Waals surface area (Å²) in [6.45, 7) is 9.78. The van der Waals surface area contributed by atoms with Gasteiger partial charge in [0, 0.05) is 31.7 Å². The first kappa shape index (κ1) is 22.3.